The molecular formula is C26H46FN5S. The third kappa shape index (κ3) is 13.2. The summed E-state index contributed by atoms with van der Waals surface area (Å²) < 4.78 is 12.9. The van der Waals surface area contributed by atoms with Gasteiger partial charge >= 0.3 is 0 Å². The molecule has 0 atom stereocenters. The van der Waals surface area contributed by atoms with Crippen LogP contribution in [0.2, 0.25) is 0 Å². The summed E-state index contributed by atoms with van der Waals surface area (Å²) in [4.78, 5) is 18.2. The highest BCUT2D eigenvalue weighted by atomic mass is 32.2. The van der Waals surface area contributed by atoms with Gasteiger partial charge in [0.05, 0.1) is 10.6 Å². The van der Waals surface area contributed by atoms with Crippen LogP contribution < -0.4 is 0 Å². The van der Waals surface area contributed by atoms with Gasteiger partial charge < -0.3 is 4.90 Å². The van der Waals surface area contributed by atoms with E-state index in [0.29, 0.717) is 13.0 Å². The number of nitrogens with zero attached hydrogens (tertiary/aromatic N) is 5. The average Bonchev–Trinajstić information content (AvgIpc) is 2.87. The Morgan fingerprint density at radius 3 is 2.42 bits per heavy atom. The Kier molecular flexibility index (Phi) is 17.2. The van der Waals surface area contributed by atoms with Gasteiger partial charge in [0.1, 0.15) is 0 Å². The molecule has 0 N–H and O–H groups in total. The summed E-state index contributed by atoms with van der Waals surface area (Å²) in [5.41, 5.74) is 2.93. The quantitative estimate of drug-likeness (QED) is 0.198. The summed E-state index contributed by atoms with van der Waals surface area (Å²) in [6, 6.07) is 0.770. The van der Waals surface area contributed by atoms with Crippen LogP contribution in [0.1, 0.15) is 79.6 Å². The molecule has 2 aliphatic rings. The van der Waals surface area contributed by atoms with Gasteiger partial charge in [-0.05, 0) is 59.0 Å². The van der Waals surface area contributed by atoms with E-state index in [0.717, 1.165) is 42.8 Å². The molecule has 0 radical (unpaired) electrons. The highest BCUT2D eigenvalue weighted by Crippen LogP contribution is 2.21. The molecule has 0 unspecified atom stereocenters. The lowest BCUT2D eigenvalue weighted by Crippen LogP contribution is -2.47. The van der Waals surface area contributed by atoms with E-state index in [1.807, 2.05) is 45.4 Å². The van der Waals surface area contributed by atoms with E-state index in [2.05, 4.69) is 19.8 Å². The molecule has 5 nitrogen and oxygen atoms in total. The van der Waals surface area contributed by atoms with Gasteiger partial charge in [-0.25, -0.2) is 9.98 Å². The first-order valence-corrected chi connectivity index (χ1v) is 13.7. The van der Waals surface area contributed by atoms with Crippen LogP contribution in [0.5, 0.6) is 0 Å². The Bertz CT molecular complexity index is 658. The fourth-order valence-corrected chi connectivity index (χ4v) is 4.63. The van der Waals surface area contributed by atoms with Gasteiger partial charge in [0.25, 0.3) is 0 Å². The molecule has 0 aromatic carbocycles. The second-order valence-corrected chi connectivity index (χ2v) is 9.12. The second kappa shape index (κ2) is 19.0. The number of piperidine rings is 2. The van der Waals surface area contributed by atoms with Crippen LogP contribution in [-0.4, -0.2) is 71.7 Å². The van der Waals surface area contributed by atoms with Gasteiger partial charge in [0.15, 0.2) is 5.97 Å². The monoisotopic (exact) mass is 479 g/mol. The number of rotatable bonds is 10. The van der Waals surface area contributed by atoms with Crippen molar-refractivity contribution in [2.45, 2.75) is 85.6 Å². The van der Waals surface area contributed by atoms with E-state index >= 15 is 0 Å². The fourth-order valence-electron chi connectivity index (χ4n) is 3.88. The first-order valence-electron chi connectivity index (χ1n) is 12.8. The van der Waals surface area contributed by atoms with Gasteiger partial charge in [0, 0.05) is 50.5 Å². The predicted molar refractivity (Wildman–Crippen MR) is 147 cm³/mol. The Hall–Kier alpha value is -1.31. The lowest BCUT2D eigenvalue weighted by atomic mass is 10.00. The third-order valence-corrected chi connectivity index (χ3v) is 6.59. The summed E-state index contributed by atoms with van der Waals surface area (Å²) in [6.45, 7) is 16.2. The standard InChI is InChI=1S/C24H40FN5S.C2H6/c1-4-21(3)28-24(31-20-26-13-7-8-14-27-23(25)5-2)19-29-17-11-22(12-18-29)30-15-9-6-10-16-30;1-2/h4,8,14,20,22H,5-7,9-13,15-19H2,1-3H3;1-2H3/b14-8-,21-4+,26-20?,27-23?,28-24?;. The summed E-state index contributed by atoms with van der Waals surface area (Å²) in [5, 5.41) is 1.10. The number of halogens is 1. The minimum absolute atomic E-state index is 0.336. The van der Waals surface area contributed by atoms with E-state index < -0.39 is 0 Å². The molecule has 33 heavy (non-hydrogen) atoms. The van der Waals surface area contributed by atoms with E-state index in [9.17, 15) is 4.39 Å². The molecule has 2 heterocycles. The Balaban J connectivity index is 0.00000265. The summed E-state index contributed by atoms with van der Waals surface area (Å²) in [5.74, 6) is -0.338. The second-order valence-electron chi connectivity index (χ2n) is 8.20. The summed E-state index contributed by atoms with van der Waals surface area (Å²) >= 11 is 1.61. The Labute approximate surface area is 206 Å². The van der Waals surface area contributed by atoms with Crippen molar-refractivity contribution in [1.82, 2.24) is 9.80 Å². The van der Waals surface area contributed by atoms with Crippen LogP contribution in [0.4, 0.5) is 4.39 Å². The molecular weight excluding hydrogens is 433 g/mol. The van der Waals surface area contributed by atoms with Gasteiger partial charge in [-0.1, -0.05) is 51.1 Å². The molecule has 2 aliphatic heterocycles. The normalized spacial score (nSPS) is 20.5. The largest absolute Gasteiger partial charge is 0.300 e. The summed E-state index contributed by atoms with van der Waals surface area (Å²) in [7, 11) is 0. The lowest BCUT2D eigenvalue weighted by Gasteiger charge is -2.40. The minimum atomic E-state index is -0.338. The highest BCUT2D eigenvalue weighted by molar-refractivity contribution is 8.25. The van der Waals surface area contributed by atoms with E-state index in [1.165, 1.54) is 51.4 Å². The van der Waals surface area contributed by atoms with Crippen LogP contribution in [0.25, 0.3) is 0 Å². The SMILES string of the molecule is C/C=C(\C)N=C(CN1CCC(N2CCCCC2)CC1)SC=NCC/C=C\N=C(F)CC.CC. The topological polar surface area (TPSA) is 43.6 Å². The van der Waals surface area contributed by atoms with Crippen molar-refractivity contribution in [2.75, 3.05) is 39.3 Å². The molecule has 2 fully saturated rings. The van der Waals surface area contributed by atoms with Gasteiger partial charge in [-0.3, -0.25) is 9.89 Å². The zero-order valence-electron chi connectivity index (χ0n) is 21.6. The summed E-state index contributed by atoms with van der Waals surface area (Å²) in [6.07, 6.45) is 13.2. The van der Waals surface area contributed by atoms with Crippen LogP contribution in [-0.2, 0) is 0 Å². The smallest absolute Gasteiger partial charge is 0.188 e. The van der Waals surface area contributed by atoms with Gasteiger partial charge in [-0.15, -0.1) is 0 Å². The van der Waals surface area contributed by atoms with Crippen LogP contribution in [0.15, 0.2) is 39.0 Å². The number of thioether (sulfide) groups is 1. The molecule has 2 rings (SSSR count). The Morgan fingerprint density at radius 2 is 1.79 bits per heavy atom. The van der Waals surface area contributed by atoms with Crippen molar-refractivity contribution >= 4 is 28.3 Å². The van der Waals surface area contributed by atoms with E-state index in [-0.39, 0.29) is 5.97 Å². The average molecular weight is 480 g/mol. The number of aliphatic imine (C=N–C) groups is 3. The van der Waals surface area contributed by atoms with Crippen molar-refractivity contribution in [3.05, 3.63) is 24.0 Å². The van der Waals surface area contributed by atoms with Crippen LogP contribution in [0, 0.1) is 0 Å². The molecule has 0 bridgehead atoms. The molecule has 188 valence electrons. The molecule has 0 amide bonds. The van der Waals surface area contributed by atoms with Gasteiger partial charge in [-0.2, -0.15) is 4.39 Å². The zero-order chi connectivity index (χ0) is 24.3. The molecule has 7 heteroatoms. The first-order chi connectivity index (χ1) is 16.1. The maximum Gasteiger partial charge on any atom is 0.188 e. The maximum atomic E-state index is 12.9. The van der Waals surface area contributed by atoms with Crippen LogP contribution >= 0.6 is 11.8 Å². The molecule has 2 saturated heterocycles. The van der Waals surface area contributed by atoms with Crippen molar-refractivity contribution in [2.24, 2.45) is 15.0 Å². The Morgan fingerprint density at radius 1 is 1.09 bits per heavy atom. The van der Waals surface area contributed by atoms with Gasteiger partial charge in [0.2, 0.25) is 0 Å². The molecule has 0 aromatic heterocycles. The number of allylic oxidation sites excluding steroid dienone is 2. The van der Waals surface area contributed by atoms with E-state index in [1.54, 1.807) is 18.7 Å². The third-order valence-electron chi connectivity index (χ3n) is 5.84. The first kappa shape index (κ1) is 29.7. The molecule has 0 saturated carbocycles. The maximum absolute atomic E-state index is 12.9. The number of likely N-dealkylation sites (tertiary alicyclic amines) is 2. The van der Waals surface area contributed by atoms with Crippen molar-refractivity contribution in [3.63, 3.8) is 0 Å². The zero-order valence-corrected chi connectivity index (χ0v) is 22.4. The minimum Gasteiger partial charge on any atom is -0.300 e. The van der Waals surface area contributed by atoms with Crippen LogP contribution in [0.3, 0.4) is 0 Å². The lowest BCUT2D eigenvalue weighted by molar-refractivity contribution is 0.0991. The molecule has 0 aliphatic carbocycles. The van der Waals surface area contributed by atoms with Crippen molar-refractivity contribution in [3.8, 4) is 0 Å². The number of hydrogen-bond donors (Lipinski definition) is 0. The predicted octanol–water partition coefficient (Wildman–Crippen LogP) is 6.73. The van der Waals surface area contributed by atoms with Crippen molar-refractivity contribution < 1.29 is 4.39 Å². The highest BCUT2D eigenvalue weighted by Gasteiger charge is 2.25. The molecule has 0 spiro atoms. The van der Waals surface area contributed by atoms with E-state index in [4.69, 9.17) is 4.99 Å². The fraction of sp³-hybridized carbons (Fsp3) is 0.731. The molecule has 0 aromatic rings. The van der Waals surface area contributed by atoms with Crippen molar-refractivity contribution in [1.29, 1.82) is 0 Å². The number of hydrogen-bond acceptors (Lipinski definition) is 6.